The van der Waals surface area contributed by atoms with Gasteiger partial charge in [0.05, 0.1) is 23.2 Å². The van der Waals surface area contributed by atoms with Crippen molar-refractivity contribution in [2.75, 3.05) is 11.9 Å². The van der Waals surface area contributed by atoms with Gasteiger partial charge in [-0.25, -0.2) is 0 Å². The molecule has 24 heavy (non-hydrogen) atoms. The van der Waals surface area contributed by atoms with E-state index in [-0.39, 0.29) is 36.1 Å². The lowest BCUT2D eigenvalue weighted by Crippen LogP contribution is -2.38. The molecule has 2 fully saturated rings. The fourth-order valence-corrected chi connectivity index (χ4v) is 3.92. The van der Waals surface area contributed by atoms with Gasteiger partial charge >= 0.3 is 0 Å². The molecule has 3 amide bonds. The molecule has 0 spiro atoms. The van der Waals surface area contributed by atoms with Gasteiger partial charge in [0.15, 0.2) is 0 Å². The zero-order chi connectivity index (χ0) is 17.4. The molecule has 2 atom stereocenters. The van der Waals surface area contributed by atoms with Crippen molar-refractivity contribution < 1.29 is 14.4 Å². The molecule has 1 aromatic rings. The summed E-state index contributed by atoms with van der Waals surface area (Å²) in [4.78, 5) is 42.7. The molecular weight excluding hydrogens is 306 g/mol. The lowest BCUT2D eigenvalue weighted by atomic mass is 9.81. The quantitative estimate of drug-likeness (QED) is 0.862. The van der Waals surface area contributed by atoms with Crippen LogP contribution >= 0.6 is 0 Å². The number of nitrogens with one attached hydrogen (secondary N) is 1. The molecule has 2 aliphatic rings. The van der Waals surface area contributed by atoms with Crippen LogP contribution in [0, 0.1) is 32.6 Å². The predicted molar refractivity (Wildman–Crippen MR) is 89.2 cm³/mol. The molecule has 1 N–H and O–H groups in total. The Kier molecular flexibility index (Phi) is 4.39. The van der Waals surface area contributed by atoms with Crippen LogP contribution in [0.15, 0.2) is 6.07 Å². The normalized spacial score (nSPS) is 23.4. The average Bonchev–Trinajstić information content (AvgIpc) is 2.76. The van der Waals surface area contributed by atoms with E-state index in [2.05, 4.69) is 10.3 Å². The zero-order valence-corrected chi connectivity index (χ0v) is 14.4. The molecule has 0 aromatic carbocycles. The highest BCUT2D eigenvalue weighted by molar-refractivity contribution is 6.08. The Balaban J connectivity index is 1.71. The molecule has 2 unspecified atom stereocenters. The number of carbonyl (C=O) groups excluding carboxylic acids is 3. The monoisotopic (exact) mass is 329 g/mol. The third-order valence-electron chi connectivity index (χ3n) is 5.02. The van der Waals surface area contributed by atoms with E-state index in [1.807, 2.05) is 26.8 Å². The summed E-state index contributed by atoms with van der Waals surface area (Å²) < 4.78 is 0. The van der Waals surface area contributed by atoms with Gasteiger partial charge in [-0.05, 0) is 45.2 Å². The zero-order valence-electron chi connectivity index (χ0n) is 14.4. The van der Waals surface area contributed by atoms with Crippen LogP contribution in [0.3, 0.4) is 0 Å². The molecule has 3 rings (SSSR count). The first-order chi connectivity index (χ1) is 11.4. The Labute approximate surface area is 141 Å². The van der Waals surface area contributed by atoms with Gasteiger partial charge in [0, 0.05) is 5.69 Å². The second kappa shape index (κ2) is 6.34. The Morgan fingerprint density at radius 3 is 2.29 bits per heavy atom. The Morgan fingerprint density at radius 2 is 1.75 bits per heavy atom. The van der Waals surface area contributed by atoms with Crippen molar-refractivity contribution in [3.8, 4) is 0 Å². The molecule has 1 aliphatic carbocycles. The van der Waals surface area contributed by atoms with Gasteiger partial charge in [-0.1, -0.05) is 12.8 Å². The molecule has 1 aromatic heterocycles. The fourth-order valence-electron chi connectivity index (χ4n) is 3.92. The third kappa shape index (κ3) is 2.92. The average molecular weight is 329 g/mol. The number of rotatable bonds is 3. The summed E-state index contributed by atoms with van der Waals surface area (Å²) in [7, 11) is 0. The van der Waals surface area contributed by atoms with Crippen molar-refractivity contribution in [3.63, 3.8) is 0 Å². The highest BCUT2D eigenvalue weighted by atomic mass is 16.2. The van der Waals surface area contributed by atoms with Crippen LogP contribution in [0.5, 0.6) is 0 Å². The van der Waals surface area contributed by atoms with Gasteiger partial charge in [-0.3, -0.25) is 24.3 Å². The van der Waals surface area contributed by atoms with Crippen molar-refractivity contribution in [2.24, 2.45) is 11.8 Å². The van der Waals surface area contributed by atoms with E-state index in [9.17, 15) is 14.4 Å². The van der Waals surface area contributed by atoms with E-state index in [0.29, 0.717) is 5.69 Å². The number of fused-ring (bicyclic) bond motifs is 1. The number of anilines is 1. The molecule has 2 heterocycles. The summed E-state index contributed by atoms with van der Waals surface area (Å²) >= 11 is 0. The molecule has 1 aliphatic heterocycles. The van der Waals surface area contributed by atoms with E-state index in [4.69, 9.17) is 0 Å². The number of hydrogen-bond donors (Lipinski definition) is 1. The van der Waals surface area contributed by atoms with E-state index in [1.165, 1.54) is 0 Å². The Morgan fingerprint density at radius 1 is 1.17 bits per heavy atom. The third-order valence-corrected chi connectivity index (χ3v) is 5.02. The minimum Gasteiger partial charge on any atom is -0.323 e. The summed E-state index contributed by atoms with van der Waals surface area (Å²) in [6, 6.07) is 1.89. The number of likely N-dealkylation sites (tertiary alicyclic amines) is 1. The number of carbonyl (C=O) groups is 3. The Bertz CT molecular complexity index is 666. The lowest BCUT2D eigenvalue weighted by Gasteiger charge is -2.19. The van der Waals surface area contributed by atoms with Gasteiger partial charge in [0.2, 0.25) is 17.7 Å². The van der Waals surface area contributed by atoms with Crippen molar-refractivity contribution in [1.82, 2.24) is 9.88 Å². The molecule has 1 saturated heterocycles. The van der Waals surface area contributed by atoms with E-state index < -0.39 is 0 Å². The summed E-state index contributed by atoms with van der Waals surface area (Å²) in [5.74, 6) is -1.16. The van der Waals surface area contributed by atoms with Gasteiger partial charge in [-0.2, -0.15) is 0 Å². The van der Waals surface area contributed by atoms with Crippen LogP contribution in [0.25, 0.3) is 0 Å². The molecule has 6 nitrogen and oxygen atoms in total. The largest absolute Gasteiger partial charge is 0.323 e. The lowest BCUT2D eigenvalue weighted by molar-refractivity contribution is -0.142. The van der Waals surface area contributed by atoms with Gasteiger partial charge in [0.1, 0.15) is 6.54 Å². The van der Waals surface area contributed by atoms with Crippen LogP contribution in [-0.2, 0) is 14.4 Å². The van der Waals surface area contributed by atoms with Gasteiger partial charge in [-0.15, -0.1) is 0 Å². The molecule has 128 valence electrons. The van der Waals surface area contributed by atoms with Crippen molar-refractivity contribution in [3.05, 3.63) is 23.0 Å². The maximum atomic E-state index is 12.4. The standard InChI is InChI=1S/C18H23N3O3/c1-10-8-11(2)19-12(3)16(10)20-15(22)9-21-17(23)13-6-4-5-7-14(13)18(21)24/h8,13-14H,4-7,9H2,1-3H3,(H,20,22). The second-order valence-corrected chi connectivity index (χ2v) is 6.85. The number of aromatic nitrogens is 1. The van der Waals surface area contributed by atoms with Crippen LogP contribution < -0.4 is 5.32 Å². The van der Waals surface area contributed by atoms with Crippen molar-refractivity contribution in [2.45, 2.75) is 46.5 Å². The maximum Gasteiger partial charge on any atom is 0.244 e. The minimum atomic E-state index is -0.354. The maximum absolute atomic E-state index is 12.4. The number of pyridine rings is 1. The summed E-state index contributed by atoms with van der Waals surface area (Å²) in [5, 5.41) is 2.81. The molecular formula is C18H23N3O3. The highest BCUT2D eigenvalue weighted by Gasteiger charge is 2.48. The first-order valence-electron chi connectivity index (χ1n) is 8.48. The van der Waals surface area contributed by atoms with Crippen LogP contribution in [0.2, 0.25) is 0 Å². The number of amides is 3. The number of nitrogens with zero attached hydrogens (tertiary/aromatic N) is 2. The molecule has 0 bridgehead atoms. The van der Waals surface area contributed by atoms with Crippen LogP contribution in [0.4, 0.5) is 5.69 Å². The molecule has 0 radical (unpaired) electrons. The minimum absolute atomic E-state index is 0.185. The van der Waals surface area contributed by atoms with E-state index >= 15 is 0 Å². The van der Waals surface area contributed by atoms with Crippen molar-refractivity contribution in [1.29, 1.82) is 0 Å². The van der Waals surface area contributed by atoms with Crippen LogP contribution in [0.1, 0.15) is 42.6 Å². The molecule has 6 heteroatoms. The Hall–Kier alpha value is -2.24. The topological polar surface area (TPSA) is 79.4 Å². The first-order valence-corrected chi connectivity index (χ1v) is 8.48. The van der Waals surface area contributed by atoms with Gasteiger partial charge < -0.3 is 5.32 Å². The van der Waals surface area contributed by atoms with Crippen LogP contribution in [-0.4, -0.2) is 34.2 Å². The second-order valence-electron chi connectivity index (χ2n) is 6.85. The molecule has 1 saturated carbocycles. The summed E-state index contributed by atoms with van der Waals surface area (Å²) in [5.41, 5.74) is 3.19. The smallest absolute Gasteiger partial charge is 0.244 e. The first kappa shape index (κ1) is 16.6. The van der Waals surface area contributed by atoms with E-state index in [1.54, 1.807) is 0 Å². The fraction of sp³-hybridized carbons (Fsp3) is 0.556. The van der Waals surface area contributed by atoms with E-state index in [0.717, 1.165) is 47.5 Å². The SMILES string of the molecule is Cc1cc(C)c(NC(=O)CN2C(=O)C3CCCCC3C2=O)c(C)n1. The number of hydrogen-bond acceptors (Lipinski definition) is 4. The summed E-state index contributed by atoms with van der Waals surface area (Å²) in [6.45, 7) is 5.42. The predicted octanol–water partition coefficient (Wildman–Crippen LogP) is 2.12. The number of imide groups is 1. The summed E-state index contributed by atoms with van der Waals surface area (Å²) in [6.07, 6.45) is 3.47. The van der Waals surface area contributed by atoms with Gasteiger partial charge in [0.25, 0.3) is 0 Å². The highest BCUT2D eigenvalue weighted by Crippen LogP contribution is 2.37. The number of aryl methyl sites for hydroxylation is 3. The van der Waals surface area contributed by atoms with Crippen molar-refractivity contribution >= 4 is 23.4 Å².